The van der Waals surface area contributed by atoms with Gasteiger partial charge in [-0.1, -0.05) is 5.16 Å². The molecule has 0 radical (unpaired) electrons. The van der Waals surface area contributed by atoms with Crippen LogP contribution in [0.2, 0.25) is 0 Å². The molecule has 3 aromatic rings. The summed E-state index contributed by atoms with van der Waals surface area (Å²) in [5.41, 5.74) is 1.89. The third-order valence-corrected chi connectivity index (χ3v) is 4.39. The minimum absolute atomic E-state index is 0.609. The molecule has 0 atom stereocenters. The minimum Gasteiger partial charge on any atom is -0.354 e. The van der Waals surface area contributed by atoms with Crippen LogP contribution in [0.15, 0.2) is 35.1 Å². The van der Waals surface area contributed by atoms with Crippen molar-refractivity contribution < 1.29 is 4.52 Å². The Balaban J connectivity index is 1.45. The second-order valence-electron chi connectivity index (χ2n) is 6.43. The molecule has 0 spiro atoms. The maximum absolute atomic E-state index is 5.04. The van der Waals surface area contributed by atoms with E-state index in [4.69, 9.17) is 9.51 Å². The van der Waals surface area contributed by atoms with Crippen molar-refractivity contribution in [1.82, 2.24) is 30.0 Å². The van der Waals surface area contributed by atoms with Gasteiger partial charge in [0.15, 0.2) is 11.6 Å². The molecule has 4 rings (SSSR count). The number of anilines is 1. The predicted octanol–water partition coefficient (Wildman–Crippen LogP) is 1.86. The average Bonchev–Trinajstić information content (AvgIpc) is 3.07. The van der Waals surface area contributed by atoms with Crippen molar-refractivity contribution in [3.8, 4) is 11.4 Å². The fraction of sp³-hybridized carbons (Fsp3) is 0.389. The summed E-state index contributed by atoms with van der Waals surface area (Å²) in [5.74, 6) is 3.04. The first-order valence-corrected chi connectivity index (χ1v) is 8.70. The summed E-state index contributed by atoms with van der Waals surface area (Å²) < 4.78 is 5.04. The van der Waals surface area contributed by atoms with Gasteiger partial charge in [-0.2, -0.15) is 4.98 Å². The van der Waals surface area contributed by atoms with Gasteiger partial charge in [-0.25, -0.2) is 9.97 Å². The Hall–Kier alpha value is -2.87. The smallest absolute Gasteiger partial charge is 0.223 e. The van der Waals surface area contributed by atoms with Crippen LogP contribution >= 0.6 is 0 Å². The van der Waals surface area contributed by atoms with E-state index in [-0.39, 0.29) is 0 Å². The highest BCUT2D eigenvalue weighted by Crippen LogP contribution is 2.20. The SMILES string of the molecule is Cc1cc(N2CCN(Cc3noc(C)n3)CC2)nc(-c2cccnc2)n1. The quantitative estimate of drug-likeness (QED) is 0.704. The van der Waals surface area contributed by atoms with E-state index in [1.807, 2.05) is 32.0 Å². The third kappa shape index (κ3) is 3.70. The normalized spacial score (nSPS) is 15.4. The Morgan fingerprint density at radius 2 is 1.92 bits per heavy atom. The third-order valence-electron chi connectivity index (χ3n) is 4.39. The first kappa shape index (κ1) is 16.6. The fourth-order valence-electron chi connectivity index (χ4n) is 3.08. The van der Waals surface area contributed by atoms with Crippen LogP contribution in [-0.2, 0) is 6.54 Å². The van der Waals surface area contributed by atoms with Crippen molar-refractivity contribution in [1.29, 1.82) is 0 Å². The topological polar surface area (TPSA) is 84.1 Å². The molecule has 8 heteroatoms. The Labute approximate surface area is 151 Å². The van der Waals surface area contributed by atoms with Crippen molar-refractivity contribution in [2.45, 2.75) is 20.4 Å². The van der Waals surface area contributed by atoms with Crippen LogP contribution in [0.3, 0.4) is 0 Å². The van der Waals surface area contributed by atoms with Crippen molar-refractivity contribution >= 4 is 5.82 Å². The van der Waals surface area contributed by atoms with Gasteiger partial charge in [-0.3, -0.25) is 9.88 Å². The van der Waals surface area contributed by atoms with Crippen molar-refractivity contribution in [3.05, 3.63) is 48.0 Å². The monoisotopic (exact) mass is 351 g/mol. The zero-order chi connectivity index (χ0) is 17.9. The molecule has 1 aliphatic rings. The molecule has 0 aliphatic carbocycles. The minimum atomic E-state index is 0.609. The zero-order valence-corrected chi connectivity index (χ0v) is 15.0. The van der Waals surface area contributed by atoms with E-state index in [0.29, 0.717) is 5.89 Å². The molecule has 3 aromatic heterocycles. The Kier molecular flexibility index (Phi) is 4.57. The lowest BCUT2D eigenvalue weighted by atomic mass is 10.2. The van der Waals surface area contributed by atoms with E-state index in [1.54, 1.807) is 12.4 Å². The fourth-order valence-corrected chi connectivity index (χ4v) is 3.08. The number of aryl methyl sites for hydroxylation is 2. The molecule has 1 fully saturated rings. The summed E-state index contributed by atoms with van der Waals surface area (Å²) in [4.78, 5) is 22.4. The lowest BCUT2D eigenvalue weighted by molar-refractivity contribution is 0.239. The average molecular weight is 351 g/mol. The summed E-state index contributed by atoms with van der Waals surface area (Å²) >= 11 is 0. The van der Waals surface area contributed by atoms with E-state index < -0.39 is 0 Å². The van der Waals surface area contributed by atoms with Gasteiger partial charge in [0.2, 0.25) is 5.89 Å². The van der Waals surface area contributed by atoms with Gasteiger partial charge in [0, 0.05) is 62.8 Å². The number of nitrogens with zero attached hydrogens (tertiary/aromatic N) is 7. The lowest BCUT2D eigenvalue weighted by Crippen LogP contribution is -2.46. The summed E-state index contributed by atoms with van der Waals surface area (Å²) in [5, 5.41) is 3.98. The van der Waals surface area contributed by atoms with Crippen LogP contribution in [0, 0.1) is 13.8 Å². The van der Waals surface area contributed by atoms with E-state index in [1.165, 1.54) is 0 Å². The summed E-state index contributed by atoms with van der Waals surface area (Å²) in [6, 6.07) is 5.92. The molecule has 1 aliphatic heterocycles. The highest BCUT2D eigenvalue weighted by molar-refractivity contribution is 5.56. The number of hydrogen-bond donors (Lipinski definition) is 0. The van der Waals surface area contributed by atoms with Crippen molar-refractivity contribution in [2.75, 3.05) is 31.1 Å². The van der Waals surface area contributed by atoms with Crippen LogP contribution in [0.25, 0.3) is 11.4 Å². The molecule has 0 N–H and O–H groups in total. The highest BCUT2D eigenvalue weighted by atomic mass is 16.5. The van der Waals surface area contributed by atoms with Gasteiger partial charge in [-0.15, -0.1) is 0 Å². The van der Waals surface area contributed by atoms with E-state index in [0.717, 1.165) is 61.4 Å². The number of pyridine rings is 1. The number of aromatic nitrogens is 5. The Morgan fingerprint density at radius 3 is 2.62 bits per heavy atom. The summed E-state index contributed by atoms with van der Waals surface area (Å²) in [6.45, 7) is 8.19. The van der Waals surface area contributed by atoms with Crippen LogP contribution in [0.5, 0.6) is 0 Å². The lowest BCUT2D eigenvalue weighted by Gasteiger charge is -2.34. The molecule has 134 valence electrons. The second kappa shape index (κ2) is 7.17. The van der Waals surface area contributed by atoms with Crippen molar-refractivity contribution in [3.63, 3.8) is 0 Å². The van der Waals surface area contributed by atoms with Gasteiger partial charge in [0.25, 0.3) is 0 Å². The standard InChI is InChI=1S/C18H21N7O/c1-13-10-17(22-18(20-13)15-4-3-5-19-11-15)25-8-6-24(7-9-25)12-16-21-14(2)26-23-16/h3-5,10-11H,6-9,12H2,1-2H3. The van der Waals surface area contributed by atoms with Gasteiger partial charge in [0.1, 0.15) is 5.82 Å². The van der Waals surface area contributed by atoms with E-state index >= 15 is 0 Å². The molecule has 26 heavy (non-hydrogen) atoms. The zero-order valence-electron chi connectivity index (χ0n) is 15.0. The van der Waals surface area contributed by atoms with Crippen LogP contribution < -0.4 is 4.90 Å². The summed E-state index contributed by atoms with van der Waals surface area (Å²) in [7, 11) is 0. The largest absolute Gasteiger partial charge is 0.354 e. The molecule has 0 amide bonds. The Morgan fingerprint density at radius 1 is 1.08 bits per heavy atom. The molecule has 8 nitrogen and oxygen atoms in total. The molecule has 4 heterocycles. The van der Waals surface area contributed by atoms with Crippen LogP contribution in [0.4, 0.5) is 5.82 Å². The highest BCUT2D eigenvalue weighted by Gasteiger charge is 2.20. The number of piperazine rings is 1. The molecule has 0 bridgehead atoms. The predicted molar refractivity (Wildman–Crippen MR) is 96.5 cm³/mol. The molecular weight excluding hydrogens is 330 g/mol. The molecule has 0 saturated carbocycles. The van der Waals surface area contributed by atoms with Gasteiger partial charge in [-0.05, 0) is 19.1 Å². The van der Waals surface area contributed by atoms with Crippen LogP contribution in [-0.4, -0.2) is 56.2 Å². The van der Waals surface area contributed by atoms with E-state index in [2.05, 4.69) is 29.9 Å². The molecule has 1 saturated heterocycles. The molecular formula is C18H21N7O. The molecule has 0 unspecified atom stereocenters. The van der Waals surface area contributed by atoms with Gasteiger partial charge < -0.3 is 9.42 Å². The number of rotatable bonds is 4. The van der Waals surface area contributed by atoms with Gasteiger partial charge >= 0.3 is 0 Å². The second-order valence-corrected chi connectivity index (χ2v) is 6.43. The maximum atomic E-state index is 5.04. The summed E-state index contributed by atoms with van der Waals surface area (Å²) in [6.07, 6.45) is 3.55. The Bertz CT molecular complexity index is 872. The van der Waals surface area contributed by atoms with Crippen LogP contribution in [0.1, 0.15) is 17.4 Å². The van der Waals surface area contributed by atoms with E-state index in [9.17, 15) is 0 Å². The van der Waals surface area contributed by atoms with Gasteiger partial charge in [0.05, 0.1) is 6.54 Å². The first-order valence-electron chi connectivity index (χ1n) is 8.70. The first-order chi connectivity index (χ1) is 12.7. The molecule has 0 aromatic carbocycles. The van der Waals surface area contributed by atoms with Crippen molar-refractivity contribution in [2.24, 2.45) is 0 Å². The maximum Gasteiger partial charge on any atom is 0.223 e. The number of hydrogen-bond acceptors (Lipinski definition) is 8.